The fourth-order valence-corrected chi connectivity index (χ4v) is 3.35. The molecule has 0 saturated carbocycles. The summed E-state index contributed by atoms with van der Waals surface area (Å²) in [7, 11) is 5.34. The van der Waals surface area contributed by atoms with Gasteiger partial charge in [0.05, 0.1) is 20.8 Å². The van der Waals surface area contributed by atoms with E-state index >= 15 is 0 Å². The zero-order valence-electron chi connectivity index (χ0n) is 14.7. The van der Waals surface area contributed by atoms with Gasteiger partial charge in [-0.15, -0.1) is 0 Å². The summed E-state index contributed by atoms with van der Waals surface area (Å²) in [4.78, 5) is 2.18. The van der Waals surface area contributed by atoms with Crippen LogP contribution in [-0.2, 0) is 24.4 Å². The van der Waals surface area contributed by atoms with Gasteiger partial charge in [0, 0.05) is 34.8 Å². The zero-order chi connectivity index (χ0) is 17.8. The number of rotatable bonds is 6. The van der Waals surface area contributed by atoms with Crippen molar-refractivity contribution in [2.24, 2.45) is 0 Å². The summed E-state index contributed by atoms with van der Waals surface area (Å²) >= 11 is 6.25. The van der Waals surface area contributed by atoms with E-state index in [1.165, 1.54) is 0 Å². The van der Waals surface area contributed by atoms with Gasteiger partial charge in [0.1, 0.15) is 5.75 Å². The maximum Gasteiger partial charge on any atom is 0.189 e. The van der Waals surface area contributed by atoms with Crippen LogP contribution in [0.2, 0.25) is 5.02 Å². The lowest BCUT2D eigenvalue weighted by Gasteiger charge is -2.24. The van der Waals surface area contributed by atoms with Gasteiger partial charge >= 0.3 is 0 Å². The Morgan fingerprint density at radius 1 is 1.12 bits per heavy atom. The third kappa shape index (κ3) is 4.00. The Morgan fingerprint density at radius 2 is 1.92 bits per heavy atom. The Labute approximate surface area is 153 Å². The van der Waals surface area contributed by atoms with Gasteiger partial charge in [0.25, 0.3) is 0 Å². The molecule has 134 valence electrons. The van der Waals surface area contributed by atoms with Crippen molar-refractivity contribution in [2.45, 2.75) is 19.7 Å². The van der Waals surface area contributed by atoms with Crippen molar-refractivity contribution >= 4 is 11.6 Å². The van der Waals surface area contributed by atoms with Crippen molar-refractivity contribution in [2.75, 3.05) is 28.1 Å². The van der Waals surface area contributed by atoms with E-state index < -0.39 is 0 Å². The van der Waals surface area contributed by atoms with E-state index in [9.17, 15) is 0 Å². The smallest absolute Gasteiger partial charge is 0.189 e. The summed E-state index contributed by atoms with van der Waals surface area (Å²) in [5.41, 5.74) is 3.10. The zero-order valence-corrected chi connectivity index (χ0v) is 15.4. The molecule has 3 rings (SSSR count). The number of nitrogens with zero attached hydrogens (tertiary/aromatic N) is 1. The number of benzene rings is 2. The van der Waals surface area contributed by atoms with E-state index in [2.05, 4.69) is 4.90 Å². The van der Waals surface area contributed by atoms with Gasteiger partial charge in [-0.3, -0.25) is 4.90 Å². The Bertz CT molecular complexity index is 750. The van der Waals surface area contributed by atoms with Gasteiger partial charge < -0.3 is 18.9 Å². The summed E-state index contributed by atoms with van der Waals surface area (Å²) in [5, 5.41) is 0.690. The van der Waals surface area contributed by atoms with Crippen molar-refractivity contribution in [3.05, 3.63) is 52.0 Å². The van der Waals surface area contributed by atoms with E-state index in [0.29, 0.717) is 24.7 Å². The standard InChI is InChI=1S/C19H22ClNO4/c1-21(9-13-5-4-6-17(22-2)19(13)23-3)10-14-7-16(20)8-15-11-24-12-25-18(14)15/h4-8H,9-12H2,1-3H3. The summed E-state index contributed by atoms with van der Waals surface area (Å²) < 4.78 is 21.9. The Morgan fingerprint density at radius 3 is 2.68 bits per heavy atom. The monoisotopic (exact) mass is 363 g/mol. The summed E-state index contributed by atoms with van der Waals surface area (Å²) in [5.74, 6) is 2.36. The van der Waals surface area contributed by atoms with Gasteiger partial charge in [-0.1, -0.05) is 23.7 Å². The third-order valence-electron chi connectivity index (χ3n) is 4.12. The maximum absolute atomic E-state index is 6.25. The molecule has 1 aliphatic rings. The number of methoxy groups -OCH3 is 2. The average molecular weight is 364 g/mol. The first kappa shape index (κ1) is 17.9. The molecule has 6 heteroatoms. The highest BCUT2D eigenvalue weighted by Crippen LogP contribution is 2.34. The minimum atomic E-state index is 0.273. The van der Waals surface area contributed by atoms with Crippen LogP contribution in [0, 0.1) is 0 Å². The molecule has 0 radical (unpaired) electrons. The van der Waals surface area contributed by atoms with E-state index in [1.807, 2.05) is 37.4 Å². The van der Waals surface area contributed by atoms with Crippen LogP contribution in [0.1, 0.15) is 16.7 Å². The minimum absolute atomic E-state index is 0.273. The maximum atomic E-state index is 6.25. The fraction of sp³-hybridized carbons (Fsp3) is 0.368. The molecule has 5 nitrogen and oxygen atoms in total. The number of para-hydroxylation sites is 1. The molecular formula is C19H22ClNO4. The molecule has 2 aromatic carbocycles. The van der Waals surface area contributed by atoms with E-state index in [4.69, 9.17) is 30.5 Å². The predicted molar refractivity (Wildman–Crippen MR) is 96.5 cm³/mol. The molecule has 2 aromatic rings. The van der Waals surface area contributed by atoms with Gasteiger partial charge in [0.15, 0.2) is 18.3 Å². The highest BCUT2D eigenvalue weighted by atomic mass is 35.5. The van der Waals surface area contributed by atoms with E-state index in [-0.39, 0.29) is 6.79 Å². The van der Waals surface area contributed by atoms with Crippen LogP contribution < -0.4 is 14.2 Å². The Balaban J connectivity index is 1.80. The molecule has 1 aliphatic heterocycles. The molecule has 0 aliphatic carbocycles. The molecule has 0 aromatic heterocycles. The average Bonchev–Trinajstić information content (AvgIpc) is 2.61. The second-order valence-electron chi connectivity index (χ2n) is 5.99. The quantitative estimate of drug-likeness (QED) is 0.779. The lowest BCUT2D eigenvalue weighted by molar-refractivity contribution is -0.0174. The lowest BCUT2D eigenvalue weighted by atomic mass is 10.1. The predicted octanol–water partition coefficient (Wildman–Crippen LogP) is 3.86. The molecular weight excluding hydrogens is 342 g/mol. The van der Waals surface area contributed by atoms with Crippen LogP contribution in [0.4, 0.5) is 0 Å². The van der Waals surface area contributed by atoms with Gasteiger partial charge in [-0.2, -0.15) is 0 Å². The normalized spacial score (nSPS) is 13.3. The van der Waals surface area contributed by atoms with Crippen molar-refractivity contribution in [3.8, 4) is 17.2 Å². The molecule has 0 atom stereocenters. The molecule has 0 saturated heterocycles. The number of halogens is 1. The third-order valence-corrected chi connectivity index (χ3v) is 4.33. The number of hydrogen-bond donors (Lipinski definition) is 0. The largest absolute Gasteiger partial charge is 0.493 e. The van der Waals surface area contributed by atoms with Crippen LogP contribution in [-0.4, -0.2) is 33.0 Å². The summed E-state index contributed by atoms with van der Waals surface area (Å²) in [6, 6.07) is 9.74. The van der Waals surface area contributed by atoms with Gasteiger partial charge in [-0.25, -0.2) is 0 Å². The van der Waals surface area contributed by atoms with Crippen LogP contribution in [0.15, 0.2) is 30.3 Å². The van der Waals surface area contributed by atoms with Crippen LogP contribution >= 0.6 is 11.6 Å². The number of ether oxygens (including phenoxy) is 4. The van der Waals surface area contributed by atoms with Crippen molar-refractivity contribution in [3.63, 3.8) is 0 Å². The first-order chi connectivity index (χ1) is 12.1. The van der Waals surface area contributed by atoms with Crippen LogP contribution in [0.25, 0.3) is 0 Å². The first-order valence-electron chi connectivity index (χ1n) is 8.02. The highest BCUT2D eigenvalue weighted by Gasteiger charge is 2.18. The second-order valence-corrected chi connectivity index (χ2v) is 6.43. The van der Waals surface area contributed by atoms with Crippen molar-refractivity contribution in [1.82, 2.24) is 4.90 Å². The fourth-order valence-electron chi connectivity index (χ4n) is 3.09. The Hall–Kier alpha value is -1.95. The molecule has 0 bridgehead atoms. The topological polar surface area (TPSA) is 40.2 Å². The molecule has 0 amide bonds. The minimum Gasteiger partial charge on any atom is -0.493 e. The molecule has 0 spiro atoms. The number of hydrogen-bond acceptors (Lipinski definition) is 5. The van der Waals surface area contributed by atoms with Crippen LogP contribution in [0.3, 0.4) is 0 Å². The van der Waals surface area contributed by atoms with Gasteiger partial charge in [-0.05, 0) is 25.2 Å². The Kier molecular flexibility index (Phi) is 5.68. The molecule has 0 unspecified atom stereocenters. The molecule has 25 heavy (non-hydrogen) atoms. The van der Waals surface area contributed by atoms with Crippen molar-refractivity contribution < 1.29 is 18.9 Å². The number of fused-ring (bicyclic) bond motifs is 1. The molecule has 0 fully saturated rings. The van der Waals surface area contributed by atoms with Crippen molar-refractivity contribution in [1.29, 1.82) is 0 Å². The SMILES string of the molecule is COc1cccc(CN(C)Cc2cc(Cl)cc3c2OCOC3)c1OC. The highest BCUT2D eigenvalue weighted by molar-refractivity contribution is 6.30. The lowest BCUT2D eigenvalue weighted by Crippen LogP contribution is -2.20. The molecule has 0 N–H and O–H groups in total. The summed E-state index contributed by atoms with van der Waals surface area (Å²) in [6.45, 7) is 2.20. The first-order valence-corrected chi connectivity index (χ1v) is 8.40. The van der Waals surface area contributed by atoms with E-state index in [1.54, 1.807) is 14.2 Å². The second kappa shape index (κ2) is 7.95. The summed E-state index contributed by atoms with van der Waals surface area (Å²) in [6.07, 6.45) is 0. The molecule has 1 heterocycles. The van der Waals surface area contributed by atoms with E-state index in [0.717, 1.165) is 33.9 Å². The van der Waals surface area contributed by atoms with Gasteiger partial charge in [0.2, 0.25) is 0 Å². The van der Waals surface area contributed by atoms with Crippen LogP contribution in [0.5, 0.6) is 17.2 Å².